The first-order valence-electron chi connectivity index (χ1n) is 10.9. The van der Waals surface area contributed by atoms with E-state index in [-0.39, 0.29) is 12.0 Å². The molecule has 32 heavy (non-hydrogen) atoms. The number of fused-ring (bicyclic) bond motifs is 1. The van der Waals surface area contributed by atoms with E-state index < -0.39 is 20.8 Å². The van der Waals surface area contributed by atoms with Gasteiger partial charge in [-0.15, -0.1) is 0 Å². The molecular weight excluding hydrogens is 444 g/mol. The third kappa shape index (κ3) is 4.36. The molecule has 1 aromatic heterocycles. The molecule has 2 aromatic carbocycles. The first-order valence-corrected chi connectivity index (χ1v) is 13.9. The SMILES string of the molecule is CCn1cc(C2CCN(S(=O)(=O)c3ccc(OC(C)C)cc3)C2)c2ccc(S(C)=O)cc21. The first-order chi connectivity index (χ1) is 15.2. The number of hydrogen-bond acceptors (Lipinski definition) is 4. The zero-order valence-corrected chi connectivity index (χ0v) is 20.6. The summed E-state index contributed by atoms with van der Waals surface area (Å²) < 4.78 is 47.8. The van der Waals surface area contributed by atoms with Crippen LogP contribution in [0.15, 0.2) is 58.5 Å². The zero-order chi connectivity index (χ0) is 23.0. The van der Waals surface area contributed by atoms with E-state index in [2.05, 4.69) is 17.7 Å². The third-order valence-corrected chi connectivity index (χ3v) is 8.78. The van der Waals surface area contributed by atoms with E-state index in [0.29, 0.717) is 23.7 Å². The van der Waals surface area contributed by atoms with Gasteiger partial charge in [-0.25, -0.2) is 8.42 Å². The Kier molecular flexibility index (Phi) is 6.47. The molecule has 3 aromatic rings. The molecule has 8 heteroatoms. The molecule has 4 rings (SSSR count). The van der Waals surface area contributed by atoms with Crippen molar-refractivity contribution in [2.24, 2.45) is 0 Å². The molecule has 0 amide bonds. The van der Waals surface area contributed by atoms with Crippen LogP contribution < -0.4 is 4.74 Å². The summed E-state index contributed by atoms with van der Waals surface area (Å²) in [4.78, 5) is 1.10. The summed E-state index contributed by atoms with van der Waals surface area (Å²) in [5.74, 6) is 0.791. The lowest BCUT2D eigenvalue weighted by Gasteiger charge is -2.17. The van der Waals surface area contributed by atoms with Gasteiger partial charge in [-0.2, -0.15) is 4.31 Å². The van der Waals surface area contributed by atoms with Crippen LogP contribution >= 0.6 is 0 Å². The fourth-order valence-corrected chi connectivity index (χ4v) is 6.42. The molecule has 2 unspecified atom stereocenters. The molecule has 0 aliphatic carbocycles. The number of sulfonamides is 1. The highest BCUT2D eigenvalue weighted by molar-refractivity contribution is 7.89. The van der Waals surface area contributed by atoms with Crippen LogP contribution in [0.3, 0.4) is 0 Å². The number of aryl methyl sites for hydroxylation is 1. The Hall–Kier alpha value is -2.16. The molecule has 0 saturated carbocycles. The summed E-state index contributed by atoms with van der Waals surface area (Å²) in [7, 11) is -4.61. The minimum atomic E-state index is -3.56. The fraction of sp³-hybridized carbons (Fsp3) is 0.417. The van der Waals surface area contributed by atoms with Crippen molar-refractivity contribution in [1.82, 2.24) is 8.87 Å². The topological polar surface area (TPSA) is 68.6 Å². The van der Waals surface area contributed by atoms with Crippen LogP contribution in [0.1, 0.15) is 38.7 Å². The highest BCUT2D eigenvalue weighted by Gasteiger charge is 2.34. The summed E-state index contributed by atoms with van der Waals surface area (Å²) in [6.07, 6.45) is 4.63. The summed E-state index contributed by atoms with van der Waals surface area (Å²) in [5.41, 5.74) is 2.21. The van der Waals surface area contributed by atoms with Gasteiger partial charge in [0.1, 0.15) is 5.75 Å². The van der Waals surface area contributed by atoms with Gasteiger partial charge in [0.25, 0.3) is 0 Å². The smallest absolute Gasteiger partial charge is 0.243 e. The number of benzene rings is 2. The summed E-state index contributed by atoms with van der Waals surface area (Å²) in [6, 6.07) is 12.6. The Balaban J connectivity index is 1.59. The summed E-state index contributed by atoms with van der Waals surface area (Å²) >= 11 is 0. The van der Waals surface area contributed by atoms with Crippen LogP contribution in [0.4, 0.5) is 0 Å². The number of ether oxygens (including phenoxy) is 1. The largest absolute Gasteiger partial charge is 0.491 e. The highest BCUT2D eigenvalue weighted by Crippen LogP contribution is 2.36. The van der Waals surface area contributed by atoms with Crippen molar-refractivity contribution < 1.29 is 17.4 Å². The molecule has 2 heterocycles. The van der Waals surface area contributed by atoms with E-state index in [0.717, 1.165) is 34.3 Å². The Labute approximate surface area is 192 Å². The molecule has 1 aliphatic heterocycles. The van der Waals surface area contributed by atoms with Crippen molar-refractivity contribution in [1.29, 1.82) is 0 Å². The van der Waals surface area contributed by atoms with Crippen molar-refractivity contribution in [3.05, 3.63) is 54.2 Å². The van der Waals surface area contributed by atoms with E-state index in [1.54, 1.807) is 34.8 Å². The Morgan fingerprint density at radius 2 is 1.88 bits per heavy atom. The third-order valence-electron chi connectivity index (χ3n) is 5.98. The first kappa shape index (κ1) is 23.0. The van der Waals surface area contributed by atoms with Crippen molar-refractivity contribution in [2.45, 2.75) is 55.5 Å². The van der Waals surface area contributed by atoms with Gasteiger partial charge in [-0.3, -0.25) is 4.21 Å². The van der Waals surface area contributed by atoms with Crippen molar-refractivity contribution >= 4 is 31.7 Å². The number of nitrogens with zero attached hydrogens (tertiary/aromatic N) is 2. The molecule has 1 saturated heterocycles. The monoisotopic (exact) mass is 474 g/mol. The Bertz CT molecular complexity index is 1250. The normalized spacial score (nSPS) is 18.5. The maximum absolute atomic E-state index is 13.2. The maximum Gasteiger partial charge on any atom is 0.243 e. The fourth-order valence-electron chi connectivity index (χ4n) is 4.38. The highest BCUT2D eigenvalue weighted by atomic mass is 32.2. The molecular formula is C24H30N2O4S2. The molecule has 0 spiro atoms. The predicted molar refractivity (Wildman–Crippen MR) is 128 cm³/mol. The molecule has 0 N–H and O–H groups in total. The van der Waals surface area contributed by atoms with Gasteiger partial charge in [0.15, 0.2) is 0 Å². The van der Waals surface area contributed by atoms with Crippen LogP contribution in [-0.2, 0) is 27.4 Å². The zero-order valence-electron chi connectivity index (χ0n) is 18.9. The van der Waals surface area contributed by atoms with E-state index >= 15 is 0 Å². The van der Waals surface area contributed by atoms with Crippen molar-refractivity contribution in [3.63, 3.8) is 0 Å². The molecule has 1 fully saturated rings. The van der Waals surface area contributed by atoms with Gasteiger partial charge in [-0.1, -0.05) is 6.07 Å². The minimum Gasteiger partial charge on any atom is -0.491 e. The van der Waals surface area contributed by atoms with Gasteiger partial charge >= 0.3 is 0 Å². The van der Waals surface area contributed by atoms with Gasteiger partial charge in [0, 0.05) is 64.6 Å². The van der Waals surface area contributed by atoms with Crippen LogP contribution in [-0.4, -0.2) is 46.9 Å². The maximum atomic E-state index is 13.2. The van der Waals surface area contributed by atoms with E-state index in [9.17, 15) is 12.6 Å². The van der Waals surface area contributed by atoms with E-state index in [4.69, 9.17) is 4.74 Å². The van der Waals surface area contributed by atoms with Crippen LogP contribution in [0.2, 0.25) is 0 Å². The lowest BCUT2D eigenvalue weighted by molar-refractivity contribution is 0.242. The molecule has 1 aliphatic rings. The lowest BCUT2D eigenvalue weighted by Crippen LogP contribution is -2.28. The molecule has 6 nitrogen and oxygen atoms in total. The summed E-state index contributed by atoms with van der Waals surface area (Å²) in [6.45, 7) is 7.71. The van der Waals surface area contributed by atoms with Crippen LogP contribution in [0.25, 0.3) is 10.9 Å². The Morgan fingerprint density at radius 1 is 1.16 bits per heavy atom. The predicted octanol–water partition coefficient (Wildman–Crippen LogP) is 4.36. The standard InChI is InChI=1S/C24H30N2O4S2/c1-5-25-16-23(22-11-8-20(31(4)27)14-24(22)25)18-12-13-26(15-18)32(28,29)21-9-6-19(7-10-21)30-17(2)3/h6-11,14,16-18H,5,12-13,15H2,1-4H3. The van der Waals surface area contributed by atoms with Gasteiger partial charge < -0.3 is 9.30 Å². The van der Waals surface area contributed by atoms with Gasteiger partial charge in [0.05, 0.1) is 11.0 Å². The summed E-state index contributed by atoms with van der Waals surface area (Å²) in [5, 5.41) is 1.11. The van der Waals surface area contributed by atoms with Crippen molar-refractivity contribution in [2.75, 3.05) is 19.3 Å². The Morgan fingerprint density at radius 3 is 2.50 bits per heavy atom. The van der Waals surface area contributed by atoms with E-state index in [1.807, 2.05) is 32.0 Å². The lowest BCUT2D eigenvalue weighted by atomic mass is 9.98. The van der Waals surface area contributed by atoms with Gasteiger partial charge in [0.2, 0.25) is 10.0 Å². The molecule has 0 radical (unpaired) electrons. The van der Waals surface area contributed by atoms with Crippen LogP contribution in [0, 0.1) is 0 Å². The second kappa shape index (κ2) is 9.00. The van der Waals surface area contributed by atoms with E-state index in [1.165, 1.54) is 0 Å². The quantitative estimate of drug-likeness (QED) is 0.510. The molecule has 0 bridgehead atoms. The minimum absolute atomic E-state index is 0.0375. The van der Waals surface area contributed by atoms with Gasteiger partial charge in [-0.05, 0) is 69.2 Å². The molecule has 2 atom stereocenters. The number of rotatable bonds is 7. The van der Waals surface area contributed by atoms with Crippen LogP contribution in [0.5, 0.6) is 5.75 Å². The second-order valence-corrected chi connectivity index (χ2v) is 11.8. The van der Waals surface area contributed by atoms with Crippen molar-refractivity contribution in [3.8, 4) is 5.75 Å². The number of aromatic nitrogens is 1. The molecule has 172 valence electrons. The average Bonchev–Trinajstić information content (AvgIpc) is 3.38. The second-order valence-electron chi connectivity index (χ2n) is 8.49. The number of hydrogen-bond donors (Lipinski definition) is 0. The average molecular weight is 475 g/mol.